The number of rotatable bonds is 6. The molecule has 0 aliphatic carbocycles. The maximum absolute atomic E-state index is 12.6. The zero-order valence-electron chi connectivity index (χ0n) is 9.52. The second-order valence-corrected chi connectivity index (χ2v) is 3.60. The number of aliphatic hydroxyl groups is 1. The quantitative estimate of drug-likeness (QED) is 0.534. The van der Waals surface area contributed by atoms with E-state index in [1.807, 2.05) is 0 Å². The highest BCUT2D eigenvalue weighted by molar-refractivity contribution is 5.92. The topological polar surface area (TPSA) is 104 Å². The summed E-state index contributed by atoms with van der Waals surface area (Å²) in [7, 11) is 0. The Labute approximate surface area is 103 Å². The number of aliphatic hydroxyl groups excluding tert-OH is 1. The van der Waals surface area contributed by atoms with Crippen LogP contribution >= 0.6 is 0 Å². The van der Waals surface area contributed by atoms with Crippen molar-refractivity contribution in [3.05, 3.63) is 30.1 Å². The molecular weight excluding hydrogens is 241 g/mol. The van der Waals surface area contributed by atoms with E-state index in [2.05, 4.69) is 10.6 Å². The molecular formula is C11H14FN3O3. The molecule has 0 aromatic heterocycles. The van der Waals surface area contributed by atoms with E-state index in [-0.39, 0.29) is 19.0 Å². The molecule has 18 heavy (non-hydrogen) atoms. The van der Waals surface area contributed by atoms with Gasteiger partial charge in [0.15, 0.2) is 0 Å². The molecule has 1 atom stereocenters. The number of amides is 2. The third-order valence-electron chi connectivity index (χ3n) is 2.08. The first kappa shape index (κ1) is 14.1. The van der Waals surface area contributed by atoms with Gasteiger partial charge in [0.2, 0.25) is 11.8 Å². The number of hydrogen-bond acceptors (Lipinski definition) is 4. The predicted octanol–water partition coefficient (Wildman–Crippen LogP) is -0.800. The minimum Gasteiger partial charge on any atom is -0.382 e. The largest absolute Gasteiger partial charge is 0.382 e. The lowest BCUT2D eigenvalue weighted by Gasteiger charge is -2.08. The minimum absolute atomic E-state index is 0.0955. The van der Waals surface area contributed by atoms with Crippen LogP contribution in [0.5, 0.6) is 0 Å². The molecule has 1 aromatic rings. The lowest BCUT2D eigenvalue weighted by molar-refractivity contribution is -0.126. The number of carbonyl (C=O) groups is 2. The number of nitrogens with one attached hydrogen (secondary N) is 2. The van der Waals surface area contributed by atoms with Crippen LogP contribution in [0.25, 0.3) is 0 Å². The Kier molecular flexibility index (Phi) is 5.22. The molecule has 0 spiro atoms. The van der Waals surface area contributed by atoms with Gasteiger partial charge >= 0.3 is 0 Å². The summed E-state index contributed by atoms with van der Waals surface area (Å²) >= 11 is 0. The van der Waals surface area contributed by atoms with Gasteiger partial charge in [0.1, 0.15) is 11.9 Å². The highest BCUT2D eigenvalue weighted by Gasteiger charge is 2.10. The van der Waals surface area contributed by atoms with E-state index in [1.54, 1.807) is 0 Å². The lowest BCUT2D eigenvalue weighted by atomic mass is 10.3. The number of benzene rings is 1. The molecule has 0 aliphatic rings. The van der Waals surface area contributed by atoms with Crippen LogP contribution < -0.4 is 16.4 Å². The Morgan fingerprint density at radius 2 is 1.94 bits per heavy atom. The molecule has 2 amide bonds. The Hall–Kier alpha value is -1.99. The standard InChI is InChI=1S/C11H14FN3O3/c12-7-1-3-8(4-2-7)15-10(17)6-14-5-9(16)11(13)18/h1-4,9,14,16H,5-6H2,(H2,13,18)(H,15,17). The van der Waals surface area contributed by atoms with Crippen molar-refractivity contribution in [1.29, 1.82) is 0 Å². The van der Waals surface area contributed by atoms with Gasteiger partial charge in [-0.15, -0.1) is 0 Å². The first-order valence-corrected chi connectivity index (χ1v) is 5.22. The number of anilines is 1. The van der Waals surface area contributed by atoms with Crippen molar-refractivity contribution in [3.63, 3.8) is 0 Å². The zero-order chi connectivity index (χ0) is 13.5. The molecule has 0 fully saturated rings. The molecule has 0 bridgehead atoms. The third-order valence-corrected chi connectivity index (χ3v) is 2.08. The fourth-order valence-corrected chi connectivity index (χ4v) is 1.16. The van der Waals surface area contributed by atoms with Gasteiger partial charge in [-0.3, -0.25) is 9.59 Å². The summed E-state index contributed by atoms with van der Waals surface area (Å²) in [5.41, 5.74) is 5.28. The summed E-state index contributed by atoms with van der Waals surface area (Å²) in [6.45, 7) is -0.201. The highest BCUT2D eigenvalue weighted by Crippen LogP contribution is 2.07. The highest BCUT2D eigenvalue weighted by atomic mass is 19.1. The van der Waals surface area contributed by atoms with Gasteiger partial charge in [-0.1, -0.05) is 0 Å². The maximum atomic E-state index is 12.6. The Bertz CT molecular complexity index is 422. The van der Waals surface area contributed by atoms with E-state index >= 15 is 0 Å². The molecule has 5 N–H and O–H groups in total. The molecule has 6 nitrogen and oxygen atoms in total. The van der Waals surface area contributed by atoms with E-state index in [0.717, 1.165) is 0 Å². The van der Waals surface area contributed by atoms with Crippen molar-refractivity contribution in [2.75, 3.05) is 18.4 Å². The smallest absolute Gasteiger partial charge is 0.247 e. The van der Waals surface area contributed by atoms with Crippen molar-refractivity contribution in [2.45, 2.75) is 6.10 Å². The Balaban J connectivity index is 2.30. The van der Waals surface area contributed by atoms with E-state index in [9.17, 15) is 14.0 Å². The molecule has 0 heterocycles. The average Bonchev–Trinajstić information content (AvgIpc) is 2.32. The van der Waals surface area contributed by atoms with Gasteiger partial charge in [0.05, 0.1) is 6.54 Å². The second kappa shape index (κ2) is 6.67. The number of nitrogens with two attached hydrogens (primary N) is 1. The van der Waals surface area contributed by atoms with Gasteiger partial charge in [0.25, 0.3) is 0 Å². The molecule has 1 aromatic carbocycles. The van der Waals surface area contributed by atoms with E-state index < -0.39 is 17.8 Å². The van der Waals surface area contributed by atoms with Gasteiger partial charge in [0, 0.05) is 12.2 Å². The van der Waals surface area contributed by atoms with E-state index in [1.165, 1.54) is 24.3 Å². The molecule has 0 saturated heterocycles. The summed E-state index contributed by atoms with van der Waals surface area (Å²) in [6, 6.07) is 5.29. The van der Waals surface area contributed by atoms with Gasteiger partial charge < -0.3 is 21.5 Å². The van der Waals surface area contributed by atoms with Gasteiger partial charge in [-0.25, -0.2) is 4.39 Å². The summed E-state index contributed by atoms with van der Waals surface area (Å²) < 4.78 is 12.6. The molecule has 0 aliphatic heterocycles. The van der Waals surface area contributed by atoms with Crippen LogP contribution in [0.1, 0.15) is 0 Å². The fraction of sp³-hybridized carbons (Fsp3) is 0.273. The zero-order valence-corrected chi connectivity index (χ0v) is 9.52. The molecule has 1 unspecified atom stereocenters. The number of primary amides is 1. The van der Waals surface area contributed by atoms with Gasteiger partial charge in [-0.05, 0) is 24.3 Å². The van der Waals surface area contributed by atoms with Crippen molar-refractivity contribution < 1.29 is 19.1 Å². The van der Waals surface area contributed by atoms with Crippen LogP contribution in [0.2, 0.25) is 0 Å². The van der Waals surface area contributed by atoms with Crippen LogP contribution in [0.4, 0.5) is 10.1 Å². The van der Waals surface area contributed by atoms with E-state index in [4.69, 9.17) is 10.8 Å². The summed E-state index contributed by atoms with van der Waals surface area (Å²) in [4.78, 5) is 21.9. The van der Waals surface area contributed by atoms with Crippen molar-refractivity contribution in [3.8, 4) is 0 Å². The molecule has 7 heteroatoms. The van der Waals surface area contributed by atoms with Crippen LogP contribution in [0.15, 0.2) is 24.3 Å². The number of carbonyl (C=O) groups excluding carboxylic acids is 2. The summed E-state index contributed by atoms with van der Waals surface area (Å²) in [5.74, 6) is -1.63. The first-order chi connectivity index (χ1) is 8.49. The molecule has 98 valence electrons. The summed E-state index contributed by atoms with van der Waals surface area (Å²) in [5, 5.41) is 14.1. The molecule has 0 saturated carbocycles. The predicted molar refractivity (Wildman–Crippen MR) is 63.1 cm³/mol. The normalized spacial score (nSPS) is 11.9. The molecule has 1 rings (SSSR count). The average molecular weight is 255 g/mol. The SMILES string of the molecule is NC(=O)C(O)CNCC(=O)Nc1ccc(F)cc1. The van der Waals surface area contributed by atoms with Crippen molar-refractivity contribution in [1.82, 2.24) is 5.32 Å². The fourth-order valence-electron chi connectivity index (χ4n) is 1.16. The Morgan fingerprint density at radius 1 is 1.33 bits per heavy atom. The Morgan fingerprint density at radius 3 is 2.50 bits per heavy atom. The van der Waals surface area contributed by atoms with Crippen LogP contribution in [0, 0.1) is 5.82 Å². The summed E-state index contributed by atoms with van der Waals surface area (Å²) in [6.07, 6.45) is -1.33. The minimum atomic E-state index is -1.33. The van der Waals surface area contributed by atoms with Crippen LogP contribution in [0.3, 0.4) is 0 Å². The first-order valence-electron chi connectivity index (χ1n) is 5.22. The lowest BCUT2D eigenvalue weighted by Crippen LogP contribution is -2.40. The number of hydrogen-bond donors (Lipinski definition) is 4. The third kappa shape index (κ3) is 4.89. The molecule has 0 radical (unpaired) electrons. The number of halogens is 1. The van der Waals surface area contributed by atoms with Crippen LogP contribution in [-0.4, -0.2) is 36.1 Å². The van der Waals surface area contributed by atoms with Gasteiger partial charge in [-0.2, -0.15) is 0 Å². The monoisotopic (exact) mass is 255 g/mol. The van der Waals surface area contributed by atoms with Crippen molar-refractivity contribution in [2.24, 2.45) is 5.73 Å². The second-order valence-electron chi connectivity index (χ2n) is 3.60. The van der Waals surface area contributed by atoms with Crippen LogP contribution in [-0.2, 0) is 9.59 Å². The maximum Gasteiger partial charge on any atom is 0.247 e. The van der Waals surface area contributed by atoms with Crippen molar-refractivity contribution >= 4 is 17.5 Å². The van der Waals surface area contributed by atoms with E-state index in [0.29, 0.717) is 5.69 Å².